The van der Waals surface area contributed by atoms with E-state index in [1.807, 2.05) is 6.92 Å². The van der Waals surface area contributed by atoms with Gasteiger partial charge in [-0.1, -0.05) is 43.7 Å². The van der Waals surface area contributed by atoms with Gasteiger partial charge in [-0.3, -0.25) is 9.69 Å². The smallest absolute Gasteiger partial charge is 0.239 e. The van der Waals surface area contributed by atoms with Gasteiger partial charge < -0.3 is 16.0 Å². The fourth-order valence-electron chi connectivity index (χ4n) is 3.35. The van der Waals surface area contributed by atoms with Crippen LogP contribution in [0.15, 0.2) is 30.3 Å². The number of nitrogens with zero attached hydrogens (tertiary/aromatic N) is 2. The van der Waals surface area contributed by atoms with E-state index >= 15 is 0 Å². The van der Waals surface area contributed by atoms with Crippen LogP contribution in [0.5, 0.6) is 0 Å². The summed E-state index contributed by atoms with van der Waals surface area (Å²) in [7, 11) is 0. The number of rotatable bonds is 9. The zero-order chi connectivity index (χ0) is 18.1. The molecule has 1 amide bonds. The SMILES string of the molecule is CCCC(C)(N)C(=O)NCCCN1CCN(Cc2ccccc2)CC1.Cl. The van der Waals surface area contributed by atoms with Crippen LogP contribution in [0.2, 0.25) is 0 Å². The van der Waals surface area contributed by atoms with Gasteiger partial charge in [0.25, 0.3) is 0 Å². The highest BCUT2D eigenvalue weighted by Gasteiger charge is 2.26. The molecule has 0 spiro atoms. The van der Waals surface area contributed by atoms with Gasteiger partial charge in [0.1, 0.15) is 0 Å². The second kappa shape index (κ2) is 11.5. The molecule has 1 aliphatic heterocycles. The maximum absolute atomic E-state index is 12.1. The molecule has 6 heteroatoms. The highest BCUT2D eigenvalue weighted by atomic mass is 35.5. The molecule has 148 valence electrons. The molecule has 1 aromatic rings. The molecule has 1 saturated heterocycles. The first-order valence-corrected chi connectivity index (χ1v) is 9.57. The van der Waals surface area contributed by atoms with Gasteiger partial charge in [0, 0.05) is 39.3 Å². The third kappa shape index (κ3) is 7.62. The van der Waals surface area contributed by atoms with Crippen molar-refractivity contribution in [3.63, 3.8) is 0 Å². The van der Waals surface area contributed by atoms with Gasteiger partial charge in [0.15, 0.2) is 0 Å². The maximum Gasteiger partial charge on any atom is 0.239 e. The molecule has 1 atom stereocenters. The lowest BCUT2D eigenvalue weighted by Gasteiger charge is -2.34. The van der Waals surface area contributed by atoms with E-state index in [-0.39, 0.29) is 18.3 Å². The van der Waals surface area contributed by atoms with E-state index in [4.69, 9.17) is 5.73 Å². The van der Waals surface area contributed by atoms with Crippen molar-refractivity contribution in [3.05, 3.63) is 35.9 Å². The predicted molar refractivity (Wildman–Crippen MR) is 111 cm³/mol. The third-order valence-electron chi connectivity index (χ3n) is 4.94. The van der Waals surface area contributed by atoms with Crippen molar-refractivity contribution in [1.82, 2.24) is 15.1 Å². The lowest BCUT2D eigenvalue weighted by atomic mass is 9.96. The monoisotopic (exact) mass is 382 g/mol. The van der Waals surface area contributed by atoms with Crippen LogP contribution >= 0.6 is 12.4 Å². The quantitative estimate of drug-likeness (QED) is 0.643. The Labute approximate surface area is 164 Å². The molecular formula is C20H35ClN4O. The van der Waals surface area contributed by atoms with Crippen LogP contribution < -0.4 is 11.1 Å². The van der Waals surface area contributed by atoms with Crippen LogP contribution in [-0.2, 0) is 11.3 Å². The number of carbonyl (C=O) groups excluding carboxylic acids is 1. The van der Waals surface area contributed by atoms with Crippen molar-refractivity contribution in [1.29, 1.82) is 0 Å². The molecule has 1 unspecified atom stereocenters. The second-order valence-electron chi connectivity index (χ2n) is 7.38. The molecule has 0 radical (unpaired) electrons. The van der Waals surface area contributed by atoms with Crippen LogP contribution in [-0.4, -0.2) is 60.5 Å². The van der Waals surface area contributed by atoms with Crippen molar-refractivity contribution in [2.75, 3.05) is 39.3 Å². The first-order chi connectivity index (χ1) is 12.0. The molecule has 26 heavy (non-hydrogen) atoms. The topological polar surface area (TPSA) is 61.6 Å². The van der Waals surface area contributed by atoms with E-state index < -0.39 is 5.54 Å². The Morgan fingerprint density at radius 2 is 1.77 bits per heavy atom. The summed E-state index contributed by atoms with van der Waals surface area (Å²) in [5, 5.41) is 2.99. The van der Waals surface area contributed by atoms with Crippen molar-refractivity contribution < 1.29 is 4.79 Å². The highest BCUT2D eigenvalue weighted by molar-refractivity contribution is 5.85. The summed E-state index contributed by atoms with van der Waals surface area (Å²) in [6.45, 7) is 11.1. The first kappa shape index (κ1) is 22.9. The average molecular weight is 383 g/mol. The van der Waals surface area contributed by atoms with Crippen molar-refractivity contribution in [3.8, 4) is 0 Å². The number of halogens is 1. The number of hydrogen-bond donors (Lipinski definition) is 2. The molecule has 0 aromatic heterocycles. The Hall–Kier alpha value is -1.14. The number of carbonyl (C=O) groups is 1. The molecule has 2 rings (SSSR count). The lowest BCUT2D eigenvalue weighted by Crippen LogP contribution is -2.52. The summed E-state index contributed by atoms with van der Waals surface area (Å²) in [5.74, 6) is -0.0259. The van der Waals surface area contributed by atoms with Gasteiger partial charge in [0.05, 0.1) is 5.54 Å². The van der Waals surface area contributed by atoms with E-state index in [2.05, 4.69) is 52.4 Å². The minimum absolute atomic E-state index is 0. The van der Waals surface area contributed by atoms with E-state index in [1.54, 1.807) is 0 Å². The Kier molecular flexibility index (Phi) is 10.2. The Morgan fingerprint density at radius 1 is 1.15 bits per heavy atom. The van der Waals surface area contributed by atoms with Gasteiger partial charge in [-0.15, -0.1) is 12.4 Å². The van der Waals surface area contributed by atoms with E-state index in [0.29, 0.717) is 6.54 Å². The third-order valence-corrected chi connectivity index (χ3v) is 4.94. The summed E-state index contributed by atoms with van der Waals surface area (Å²) in [4.78, 5) is 17.1. The second-order valence-corrected chi connectivity index (χ2v) is 7.38. The largest absolute Gasteiger partial charge is 0.354 e. The summed E-state index contributed by atoms with van der Waals surface area (Å²) >= 11 is 0. The zero-order valence-corrected chi connectivity index (χ0v) is 17.1. The van der Waals surface area contributed by atoms with Crippen LogP contribution in [0.3, 0.4) is 0 Å². The van der Waals surface area contributed by atoms with Gasteiger partial charge in [-0.2, -0.15) is 0 Å². The maximum atomic E-state index is 12.1. The Morgan fingerprint density at radius 3 is 2.38 bits per heavy atom. The summed E-state index contributed by atoms with van der Waals surface area (Å²) < 4.78 is 0. The lowest BCUT2D eigenvalue weighted by molar-refractivity contribution is -0.126. The molecular weight excluding hydrogens is 348 g/mol. The normalized spacial score (nSPS) is 18.0. The minimum atomic E-state index is -0.738. The number of piperazine rings is 1. The van der Waals surface area contributed by atoms with E-state index in [1.165, 1.54) is 5.56 Å². The number of nitrogens with one attached hydrogen (secondary N) is 1. The zero-order valence-electron chi connectivity index (χ0n) is 16.2. The molecule has 0 bridgehead atoms. The Balaban J connectivity index is 0.00000338. The van der Waals surface area contributed by atoms with Crippen LogP contribution in [0.4, 0.5) is 0 Å². The number of amides is 1. The van der Waals surface area contributed by atoms with Gasteiger partial charge in [-0.05, 0) is 31.9 Å². The first-order valence-electron chi connectivity index (χ1n) is 9.57. The molecule has 5 nitrogen and oxygen atoms in total. The van der Waals surface area contributed by atoms with Gasteiger partial charge in [-0.25, -0.2) is 0 Å². The number of nitrogens with two attached hydrogens (primary N) is 1. The van der Waals surface area contributed by atoms with Crippen LogP contribution in [0, 0.1) is 0 Å². The summed E-state index contributed by atoms with van der Waals surface area (Å²) in [6.07, 6.45) is 2.63. The number of hydrogen-bond acceptors (Lipinski definition) is 4. The van der Waals surface area contributed by atoms with E-state index in [9.17, 15) is 4.79 Å². The molecule has 1 fully saturated rings. The van der Waals surface area contributed by atoms with Crippen molar-refractivity contribution in [2.45, 2.75) is 45.2 Å². The van der Waals surface area contributed by atoms with Gasteiger partial charge in [0.2, 0.25) is 5.91 Å². The predicted octanol–water partition coefficient (Wildman–Crippen LogP) is 2.25. The van der Waals surface area contributed by atoms with Crippen LogP contribution in [0.1, 0.15) is 38.7 Å². The fraction of sp³-hybridized carbons (Fsp3) is 0.650. The molecule has 0 saturated carbocycles. The van der Waals surface area contributed by atoms with Crippen LogP contribution in [0.25, 0.3) is 0 Å². The molecule has 1 aliphatic rings. The number of benzene rings is 1. The molecule has 0 aliphatic carbocycles. The summed E-state index contributed by atoms with van der Waals surface area (Å²) in [5.41, 5.74) is 6.69. The fourth-order valence-corrected chi connectivity index (χ4v) is 3.35. The van der Waals surface area contributed by atoms with Crippen molar-refractivity contribution in [2.24, 2.45) is 5.73 Å². The summed E-state index contributed by atoms with van der Waals surface area (Å²) in [6, 6.07) is 10.7. The standard InChI is InChI=1S/C20H34N4O.ClH/c1-3-10-20(2,21)19(25)22-11-7-12-23-13-15-24(16-14-23)17-18-8-5-4-6-9-18;/h4-6,8-9H,3,7,10-17,21H2,1-2H3,(H,22,25);1H. The van der Waals surface area contributed by atoms with Crippen molar-refractivity contribution >= 4 is 18.3 Å². The minimum Gasteiger partial charge on any atom is -0.354 e. The van der Waals surface area contributed by atoms with Gasteiger partial charge >= 0.3 is 0 Å². The molecule has 1 aromatic carbocycles. The van der Waals surface area contributed by atoms with E-state index in [0.717, 1.165) is 58.5 Å². The Bertz CT molecular complexity index is 516. The molecule has 3 N–H and O–H groups in total. The average Bonchev–Trinajstić information content (AvgIpc) is 2.61. The highest BCUT2D eigenvalue weighted by Crippen LogP contribution is 2.09. The molecule has 1 heterocycles.